The molecule has 0 saturated heterocycles. The lowest BCUT2D eigenvalue weighted by Crippen LogP contribution is -2.14. The van der Waals surface area contributed by atoms with Crippen LogP contribution in [-0.4, -0.2) is 12.7 Å². The number of benzene rings is 1. The molecule has 1 aromatic rings. The first-order chi connectivity index (χ1) is 8.93. The summed E-state index contributed by atoms with van der Waals surface area (Å²) in [5.74, 6) is -0.206. The van der Waals surface area contributed by atoms with Crippen molar-refractivity contribution in [3.63, 3.8) is 0 Å². The molecule has 2 nitrogen and oxygen atoms in total. The van der Waals surface area contributed by atoms with E-state index in [1.165, 1.54) is 12.1 Å². The van der Waals surface area contributed by atoms with Gasteiger partial charge in [-0.25, -0.2) is 0 Å². The first-order valence-corrected chi connectivity index (χ1v) is 6.51. The Kier molecular flexibility index (Phi) is 6.38. The molecule has 0 fully saturated rings. The lowest BCUT2D eigenvalue weighted by atomic mass is 10.1. The minimum Gasteiger partial charge on any atom is -0.432 e. The van der Waals surface area contributed by atoms with Crippen molar-refractivity contribution in [2.24, 2.45) is 0 Å². The molecule has 1 aromatic carbocycles. The molecule has 1 atom stereocenters. The molecule has 0 aliphatic heterocycles. The van der Waals surface area contributed by atoms with E-state index in [2.05, 4.69) is 16.6 Å². The van der Waals surface area contributed by atoms with Crippen molar-refractivity contribution >= 4 is 28.9 Å². The van der Waals surface area contributed by atoms with E-state index in [1.54, 1.807) is 0 Å². The molecular formula is C13H15Cl2F2NO. The second kappa shape index (κ2) is 7.56. The van der Waals surface area contributed by atoms with Gasteiger partial charge >= 0.3 is 6.61 Å². The van der Waals surface area contributed by atoms with E-state index >= 15 is 0 Å². The van der Waals surface area contributed by atoms with Gasteiger partial charge < -0.3 is 10.1 Å². The van der Waals surface area contributed by atoms with Gasteiger partial charge in [0.2, 0.25) is 0 Å². The van der Waals surface area contributed by atoms with Crippen LogP contribution in [0, 0.1) is 0 Å². The zero-order valence-corrected chi connectivity index (χ0v) is 11.9. The van der Waals surface area contributed by atoms with E-state index in [0.717, 1.165) is 12.8 Å². The second-order valence-corrected chi connectivity index (χ2v) is 4.87. The lowest BCUT2D eigenvalue weighted by Gasteiger charge is -2.16. The minimum absolute atomic E-state index is 0.0474. The van der Waals surface area contributed by atoms with E-state index in [-0.39, 0.29) is 21.8 Å². The Morgan fingerprint density at radius 3 is 2.42 bits per heavy atom. The van der Waals surface area contributed by atoms with Gasteiger partial charge in [-0.1, -0.05) is 29.3 Å². The van der Waals surface area contributed by atoms with E-state index in [9.17, 15) is 8.78 Å². The van der Waals surface area contributed by atoms with Crippen LogP contribution in [0.5, 0.6) is 5.75 Å². The molecule has 1 unspecified atom stereocenters. The molecule has 0 aromatic heterocycles. The van der Waals surface area contributed by atoms with Crippen molar-refractivity contribution in [3.05, 3.63) is 34.8 Å². The maximum Gasteiger partial charge on any atom is 0.387 e. The largest absolute Gasteiger partial charge is 0.432 e. The number of hydrogen-bond acceptors (Lipinski definition) is 2. The lowest BCUT2D eigenvalue weighted by molar-refractivity contribution is -0.0497. The topological polar surface area (TPSA) is 21.3 Å². The van der Waals surface area contributed by atoms with E-state index in [0.29, 0.717) is 5.69 Å². The fourth-order valence-electron chi connectivity index (χ4n) is 1.57. The third kappa shape index (κ3) is 5.25. The fourth-order valence-corrected chi connectivity index (χ4v) is 2.15. The predicted molar refractivity (Wildman–Crippen MR) is 75.6 cm³/mol. The zero-order chi connectivity index (χ0) is 14.4. The monoisotopic (exact) mass is 309 g/mol. The fraction of sp³-hybridized carbons (Fsp3) is 0.385. The Morgan fingerprint density at radius 1 is 1.37 bits per heavy atom. The summed E-state index contributed by atoms with van der Waals surface area (Å²) < 4.78 is 28.6. The van der Waals surface area contributed by atoms with E-state index in [4.69, 9.17) is 23.2 Å². The number of alkyl halides is 2. The van der Waals surface area contributed by atoms with Gasteiger partial charge in [-0.15, -0.1) is 6.58 Å². The van der Waals surface area contributed by atoms with Crippen LogP contribution in [0.15, 0.2) is 24.8 Å². The normalized spacial score (nSPS) is 12.3. The van der Waals surface area contributed by atoms with Gasteiger partial charge in [0.05, 0.1) is 10.0 Å². The first-order valence-electron chi connectivity index (χ1n) is 5.75. The van der Waals surface area contributed by atoms with Gasteiger partial charge in [-0.2, -0.15) is 8.78 Å². The first kappa shape index (κ1) is 16.1. The third-order valence-corrected chi connectivity index (χ3v) is 2.98. The van der Waals surface area contributed by atoms with Gasteiger partial charge in [0, 0.05) is 11.7 Å². The van der Waals surface area contributed by atoms with Crippen molar-refractivity contribution in [1.82, 2.24) is 0 Å². The van der Waals surface area contributed by atoms with Crippen molar-refractivity contribution in [2.45, 2.75) is 32.4 Å². The Balaban J connectivity index is 2.79. The number of halogens is 4. The minimum atomic E-state index is -2.96. The average Bonchev–Trinajstić information content (AvgIpc) is 2.31. The Hall–Kier alpha value is -1.00. The molecule has 106 valence electrons. The zero-order valence-electron chi connectivity index (χ0n) is 10.4. The highest BCUT2D eigenvalue weighted by Gasteiger charge is 2.14. The van der Waals surface area contributed by atoms with Crippen molar-refractivity contribution in [1.29, 1.82) is 0 Å². The van der Waals surface area contributed by atoms with Gasteiger partial charge in [-0.05, 0) is 31.9 Å². The number of nitrogens with one attached hydrogen (secondary N) is 1. The summed E-state index contributed by atoms with van der Waals surface area (Å²) in [4.78, 5) is 0. The number of ether oxygens (including phenoxy) is 1. The van der Waals surface area contributed by atoms with Crippen LogP contribution in [-0.2, 0) is 0 Å². The maximum absolute atomic E-state index is 12.2. The molecule has 0 aliphatic rings. The molecular weight excluding hydrogens is 295 g/mol. The van der Waals surface area contributed by atoms with Crippen molar-refractivity contribution in [2.75, 3.05) is 5.32 Å². The van der Waals surface area contributed by atoms with Crippen molar-refractivity contribution < 1.29 is 13.5 Å². The van der Waals surface area contributed by atoms with Crippen LogP contribution >= 0.6 is 23.2 Å². The second-order valence-electron chi connectivity index (χ2n) is 4.06. The molecule has 0 heterocycles. The highest BCUT2D eigenvalue weighted by molar-refractivity contribution is 6.37. The predicted octanol–water partition coefficient (Wildman–Crippen LogP) is 5.36. The van der Waals surface area contributed by atoms with Crippen LogP contribution in [0.3, 0.4) is 0 Å². The van der Waals surface area contributed by atoms with Crippen LogP contribution in [0.1, 0.15) is 19.8 Å². The summed E-state index contributed by atoms with van der Waals surface area (Å²) >= 11 is 11.7. The quantitative estimate of drug-likeness (QED) is 0.684. The molecule has 6 heteroatoms. The standard InChI is InChI=1S/C13H15Cl2F2NO/c1-3-4-5-8(2)18-9-6-10(14)12(11(15)7-9)19-13(16)17/h3,6-8,13,18H,1,4-5H2,2H3. The summed E-state index contributed by atoms with van der Waals surface area (Å²) in [5.41, 5.74) is 0.660. The number of anilines is 1. The maximum atomic E-state index is 12.2. The molecule has 1 rings (SSSR count). The van der Waals surface area contributed by atoms with Crippen LogP contribution < -0.4 is 10.1 Å². The molecule has 0 radical (unpaired) electrons. The molecule has 0 aliphatic carbocycles. The van der Waals surface area contributed by atoms with Crippen LogP contribution in [0.2, 0.25) is 10.0 Å². The molecule has 19 heavy (non-hydrogen) atoms. The third-order valence-electron chi connectivity index (χ3n) is 2.42. The van der Waals surface area contributed by atoms with Gasteiger partial charge in [0.15, 0.2) is 5.75 Å². The molecule has 1 N–H and O–H groups in total. The summed E-state index contributed by atoms with van der Waals surface area (Å²) in [6.45, 7) is 2.69. The molecule has 0 amide bonds. The summed E-state index contributed by atoms with van der Waals surface area (Å²) in [6.07, 6.45) is 3.61. The summed E-state index contributed by atoms with van der Waals surface area (Å²) in [7, 11) is 0. The van der Waals surface area contributed by atoms with Gasteiger partial charge in [-0.3, -0.25) is 0 Å². The van der Waals surface area contributed by atoms with Crippen LogP contribution in [0.4, 0.5) is 14.5 Å². The summed E-state index contributed by atoms with van der Waals surface area (Å²) in [6, 6.07) is 3.21. The van der Waals surface area contributed by atoms with Gasteiger partial charge in [0.25, 0.3) is 0 Å². The summed E-state index contributed by atoms with van der Waals surface area (Å²) in [5, 5.41) is 3.27. The van der Waals surface area contributed by atoms with E-state index in [1.807, 2.05) is 13.0 Å². The van der Waals surface area contributed by atoms with Gasteiger partial charge in [0.1, 0.15) is 0 Å². The van der Waals surface area contributed by atoms with Crippen molar-refractivity contribution in [3.8, 4) is 5.75 Å². The Bertz CT molecular complexity index is 418. The number of allylic oxidation sites excluding steroid dienone is 1. The van der Waals surface area contributed by atoms with Crippen LogP contribution in [0.25, 0.3) is 0 Å². The highest BCUT2D eigenvalue weighted by Crippen LogP contribution is 2.37. The SMILES string of the molecule is C=CCCC(C)Nc1cc(Cl)c(OC(F)F)c(Cl)c1. The number of rotatable bonds is 7. The highest BCUT2D eigenvalue weighted by atomic mass is 35.5. The Morgan fingerprint density at radius 2 is 1.95 bits per heavy atom. The molecule has 0 bridgehead atoms. The van der Waals surface area contributed by atoms with E-state index < -0.39 is 6.61 Å². The Labute approximate surface area is 121 Å². The smallest absolute Gasteiger partial charge is 0.387 e. The molecule has 0 saturated carbocycles. The average molecular weight is 310 g/mol. The number of hydrogen-bond donors (Lipinski definition) is 1. The molecule has 0 spiro atoms.